The summed E-state index contributed by atoms with van der Waals surface area (Å²) >= 11 is 0. The third-order valence-electron chi connectivity index (χ3n) is 5.51. The lowest BCUT2D eigenvalue weighted by molar-refractivity contribution is -0.106. The Morgan fingerprint density at radius 2 is 1.71 bits per heavy atom. The molecule has 0 unspecified atom stereocenters. The van der Waals surface area contributed by atoms with Gasteiger partial charge in [0.2, 0.25) is 12.4 Å². The van der Waals surface area contributed by atoms with E-state index in [0.29, 0.717) is 34.6 Å². The number of hydrogen-bond acceptors (Lipinski definition) is 9. The Bertz CT molecular complexity index is 1150. The second kappa shape index (κ2) is 11.4. The molecule has 186 valence electrons. The van der Waals surface area contributed by atoms with Crippen molar-refractivity contribution in [1.29, 1.82) is 0 Å². The lowest BCUT2D eigenvalue weighted by Gasteiger charge is -2.25. The first kappa shape index (κ1) is 25.6. The molecule has 0 aliphatic rings. The number of amides is 1. The van der Waals surface area contributed by atoms with Crippen molar-refractivity contribution in [2.45, 2.75) is 0 Å². The Kier molecular flexibility index (Phi) is 8.32. The molecule has 1 aromatic heterocycles. The molecule has 0 fully saturated rings. The lowest BCUT2D eigenvalue weighted by Crippen LogP contribution is -2.29. The van der Waals surface area contributed by atoms with Gasteiger partial charge < -0.3 is 30.5 Å². The number of likely N-dealkylation sites (N-methyl/N-ethyl adjacent to an activating group) is 2. The number of para-hydroxylation sites is 2. The molecule has 1 amide bonds. The van der Waals surface area contributed by atoms with Gasteiger partial charge in [-0.2, -0.15) is 4.98 Å². The maximum atomic E-state index is 12.1. The molecule has 35 heavy (non-hydrogen) atoms. The number of methoxy groups -OCH3 is 1. The molecular weight excluding hydrogens is 444 g/mol. The van der Waals surface area contributed by atoms with Crippen LogP contribution >= 0.6 is 0 Å². The van der Waals surface area contributed by atoms with Gasteiger partial charge in [-0.3, -0.25) is 9.69 Å². The molecule has 0 radical (unpaired) electrons. The van der Waals surface area contributed by atoms with Gasteiger partial charge in [0.25, 0.3) is 0 Å². The van der Waals surface area contributed by atoms with Crippen molar-refractivity contribution >= 4 is 46.6 Å². The number of ether oxygens (including phenoxy) is 1. The average Bonchev–Trinajstić information content (AvgIpc) is 2.83. The van der Waals surface area contributed by atoms with Gasteiger partial charge in [0.1, 0.15) is 11.6 Å². The van der Waals surface area contributed by atoms with Gasteiger partial charge in [-0.25, -0.2) is 4.98 Å². The van der Waals surface area contributed by atoms with Gasteiger partial charge in [-0.1, -0.05) is 12.1 Å². The number of anilines is 7. The number of carbonyl (C=O) groups is 1. The molecular formula is C25H34N8O2. The van der Waals surface area contributed by atoms with Crippen LogP contribution in [0, 0.1) is 0 Å². The van der Waals surface area contributed by atoms with E-state index in [0.717, 1.165) is 30.9 Å². The highest BCUT2D eigenvalue weighted by molar-refractivity contribution is 5.91. The Balaban J connectivity index is 1.91. The summed E-state index contributed by atoms with van der Waals surface area (Å²) in [5, 5.41) is 3.18. The van der Waals surface area contributed by atoms with Crippen molar-refractivity contribution in [2.24, 2.45) is 0 Å². The third kappa shape index (κ3) is 6.10. The van der Waals surface area contributed by atoms with E-state index < -0.39 is 0 Å². The van der Waals surface area contributed by atoms with E-state index in [9.17, 15) is 4.79 Å². The molecule has 0 saturated carbocycles. The minimum absolute atomic E-state index is 0.308. The lowest BCUT2D eigenvalue weighted by atomic mass is 10.2. The molecule has 3 aromatic rings. The first-order valence-electron chi connectivity index (χ1n) is 11.2. The standard InChI is InChI=1S/C25H34N8O2/c1-30(2)13-14-32(5)22-16-23(35-6)19(15-18(22)26)28-25-27-12-11-24(29-25)33(17-34)21-10-8-7-9-20(21)31(3)4/h7-12,15-17H,13-14,26H2,1-6H3,(H,27,28,29). The fourth-order valence-electron chi connectivity index (χ4n) is 3.60. The quantitative estimate of drug-likeness (QED) is 0.318. The van der Waals surface area contributed by atoms with Gasteiger partial charge in [0.15, 0.2) is 0 Å². The topological polar surface area (TPSA) is 103 Å². The van der Waals surface area contributed by atoms with Crippen LogP contribution in [0.2, 0.25) is 0 Å². The number of nitrogens with one attached hydrogen (secondary N) is 1. The first-order chi connectivity index (χ1) is 16.7. The minimum Gasteiger partial charge on any atom is -0.494 e. The van der Waals surface area contributed by atoms with Crippen LogP contribution in [0.4, 0.5) is 40.2 Å². The summed E-state index contributed by atoms with van der Waals surface area (Å²) in [5.74, 6) is 1.34. The fourth-order valence-corrected chi connectivity index (χ4v) is 3.60. The van der Waals surface area contributed by atoms with Crippen molar-refractivity contribution in [2.75, 3.05) is 81.2 Å². The van der Waals surface area contributed by atoms with Crippen LogP contribution in [-0.4, -0.2) is 76.7 Å². The van der Waals surface area contributed by atoms with E-state index in [1.165, 1.54) is 4.90 Å². The van der Waals surface area contributed by atoms with Gasteiger partial charge in [-0.05, 0) is 38.4 Å². The largest absolute Gasteiger partial charge is 0.494 e. The fraction of sp³-hybridized carbons (Fsp3) is 0.320. The zero-order valence-electron chi connectivity index (χ0n) is 21.2. The third-order valence-corrected chi connectivity index (χ3v) is 5.51. The normalized spacial score (nSPS) is 10.7. The predicted octanol–water partition coefficient (Wildman–Crippen LogP) is 3.17. The Morgan fingerprint density at radius 1 is 1.00 bits per heavy atom. The van der Waals surface area contributed by atoms with Gasteiger partial charge >= 0.3 is 0 Å². The highest BCUT2D eigenvalue weighted by Crippen LogP contribution is 2.37. The van der Waals surface area contributed by atoms with Gasteiger partial charge in [0.05, 0.1) is 35.5 Å². The van der Waals surface area contributed by atoms with Gasteiger partial charge in [0, 0.05) is 46.5 Å². The average molecular weight is 479 g/mol. The SMILES string of the molecule is COc1cc(N(C)CCN(C)C)c(N)cc1Nc1nccc(N(C=O)c2ccccc2N(C)C)n1. The Morgan fingerprint density at radius 3 is 2.34 bits per heavy atom. The van der Waals surface area contributed by atoms with E-state index in [2.05, 4.69) is 25.1 Å². The molecule has 10 heteroatoms. The van der Waals surface area contributed by atoms with Crippen molar-refractivity contribution in [3.63, 3.8) is 0 Å². The van der Waals surface area contributed by atoms with Crippen LogP contribution < -0.4 is 30.5 Å². The summed E-state index contributed by atoms with van der Waals surface area (Å²) in [5.41, 5.74) is 10.1. The number of nitrogens with two attached hydrogens (primary N) is 1. The van der Waals surface area contributed by atoms with E-state index in [1.54, 1.807) is 25.4 Å². The number of rotatable bonds is 11. The van der Waals surface area contributed by atoms with Crippen LogP contribution in [0.15, 0.2) is 48.7 Å². The zero-order valence-corrected chi connectivity index (χ0v) is 21.2. The highest BCUT2D eigenvalue weighted by atomic mass is 16.5. The molecule has 1 heterocycles. The number of aromatic nitrogens is 2. The highest BCUT2D eigenvalue weighted by Gasteiger charge is 2.17. The molecule has 0 aliphatic heterocycles. The maximum absolute atomic E-state index is 12.1. The predicted molar refractivity (Wildman–Crippen MR) is 144 cm³/mol. The molecule has 0 aliphatic carbocycles. The van der Waals surface area contributed by atoms with Crippen molar-refractivity contribution in [1.82, 2.24) is 14.9 Å². The molecule has 0 bridgehead atoms. The van der Waals surface area contributed by atoms with E-state index >= 15 is 0 Å². The Hall–Kier alpha value is -4.05. The summed E-state index contributed by atoms with van der Waals surface area (Å²) in [6.45, 7) is 1.71. The van der Waals surface area contributed by atoms with Crippen LogP contribution in [0.3, 0.4) is 0 Å². The monoisotopic (exact) mass is 478 g/mol. The number of nitrogen functional groups attached to an aromatic ring is 1. The molecule has 10 nitrogen and oxygen atoms in total. The first-order valence-corrected chi connectivity index (χ1v) is 11.2. The number of hydrogen-bond donors (Lipinski definition) is 2. The van der Waals surface area contributed by atoms with E-state index in [4.69, 9.17) is 10.5 Å². The molecule has 0 saturated heterocycles. The van der Waals surface area contributed by atoms with Crippen LogP contribution in [0.25, 0.3) is 0 Å². The second-order valence-electron chi connectivity index (χ2n) is 8.56. The summed E-state index contributed by atoms with van der Waals surface area (Å²) in [6.07, 6.45) is 2.34. The Labute approximate surface area is 206 Å². The molecule has 3 N–H and O–H groups in total. The summed E-state index contributed by atoms with van der Waals surface area (Å²) < 4.78 is 5.62. The van der Waals surface area contributed by atoms with Crippen LogP contribution in [0.5, 0.6) is 5.75 Å². The van der Waals surface area contributed by atoms with Crippen LogP contribution in [-0.2, 0) is 4.79 Å². The van der Waals surface area contributed by atoms with E-state index in [1.807, 2.05) is 70.5 Å². The summed E-state index contributed by atoms with van der Waals surface area (Å²) in [6, 6.07) is 13.0. The molecule has 2 aromatic carbocycles. The van der Waals surface area contributed by atoms with Gasteiger partial charge in [-0.15, -0.1) is 0 Å². The number of benzene rings is 2. The second-order valence-corrected chi connectivity index (χ2v) is 8.56. The smallest absolute Gasteiger partial charge is 0.229 e. The molecule has 0 spiro atoms. The number of nitrogens with zero attached hydrogens (tertiary/aromatic N) is 6. The molecule has 0 atom stereocenters. The van der Waals surface area contributed by atoms with Crippen LogP contribution in [0.1, 0.15) is 0 Å². The van der Waals surface area contributed by atoms with Crippen molar-refractivity contribution in [3.05, 3.63) is 48.7 Å². The number of carbonyl (C=O) groups excluding carboxylic acids is 1. The van der Waals surface area contributed by atoms with Crippen molar-refractivity contribution < 1.29 is 9.53 Å². The molecule has 3 rings (SSSR count). The summed E-state index contributed by atoms with van der Waals surface area (Å²) in [7, 11) is 11.5. The van der Waals surface area contributed by atoms with E-state index in [-0.39, 0.29) is 0 Å². The maximum Gasteiger partial charge on any atom is 0.229 e. The van der Waals surface area contributed by atoms with Crippen molar-refractivity contribution in [3.8, 4) is 5.75 Å². The summed E-state index contributed by atoms with van der Waals surface area (Å²) in [4.78, 5) is 28.6. The minimum atomic E-state index is 0.308. The zero-order chi connectivity index (χ0) is 25.5.